The molecule has 0 amide bonds. The van der Waals surface area contributed by atoms with Gasteiger partial charge in [0.15, 0.2) is 6.10 Å². The molecule has 0 aromatic heterocycles. The van der Waals surface area contributed by atoms with Crippen LogP contribution >= 0.6 is 0 Å². The molecule has 1 atom stereocenters. The molecule has 0 heterocycles. The van der Waals surface area contributed by atoms with Gasteiger partial charge in [0.05, 0.1) is 0 Å². The summed E-state index contributed by atoms with van der Waals surface area (Å²) in [6, 6.07) is 0. The number of esters is 3. The average molecular weight is 906 g/mol. The second kappa shape index (κ2) is 54.0. The van der Waals surface area contributed by atoms with Crippen molar-refractivity contribution in [1.82, 2.24) is 0 Å². The molecule has 6 nitrogen and oxygen atoms in total. The molecule has 0 aliphatic heterocycles. The maximum Gasteiger partial charge on any atom is 0.306 e. The fourth-order valence-electron chi connectivity index (χ4n) is 8.98. The molecule has 0 fully saturated rings. The molecule has 0 saturated heterocycles. The fourth-order valence-corrected chi connectivity index (χ4v) is 8.98. The lowest BCUT2D eigenvalue weighted by Crippen LogP contribution is -2.30. The first kappa shape index (κ1) is 62.4. The molecule has 0 aromatic rings. The number of unbranched alkanes of at least 4 members (excludes halogenated alkanes) is 43. The number of rotatable bonds is 54. The molecule has 0 aliphatic carbocycles. The maximum absolute atomic E-state index is 12.8. The van der Waals surface area contributed by atoms with E-state index in [1.54, 1.807) is 0 Å². The molecule has 380 valence electrons. The van der Waals surface area contributed by atoms with Gasteiger partial charge in [-0.1, -0.05) is 297 Å². The molecule has 0 saturated carbocycles. The van der Waals surface area contributed by atoms with Crippen molar-refractivity contribution in [3.8, 4) is 0 Å². The highest BCUT2D eigenvalue weighted by molar-refractivity contribution is 5.71. The highest BCUT2D eigenvalue weighted by Gasteiger charge is 2.19. The van der Waals surface area contributed by atoms with E-state index < -0.39 is 6.10 Å². The van der Waals surface area contributed by atoms with E-state index in [9.17, 15) is 14.4 Å². The molecule has 0 bridgehead atoms. The Morgan fingerprint density at radius 2 is 0.422 bits per heavy atom. The first-order chi connectivity index (χ1) is 31.5. The lowest BCUT2D eigenvalue weighted by Gasteiger charge is -2.18. The van der Waals surface area contributed by atoms with Crippen LogP contribution in [-0.4, -0.2) is 37.2 Å². The van der Waals surface area contributed by atoms with Crippen LogP contribution in [0.2, 0.25) is 0 Å². The summed E-state index contributed by atoms with van der Waals surface area (Å²) in [5.74, 6) is -0.851. The SMILES string of the molecule is CCCCCCCCCCCCCCCCCCCCCCCC(=O)OCC(COC(=O)CCCCCCC)OC(=O)CCCCCCCCCCCCCCCCCCCCCC. The van der Waals surface area contributed by atoms with E-state index >= 15 is 0 Å². The van der Waals surface area contributed by atoms with Gasteiger partial charge in [0.1, 0.15) is 13.2 Å². The van der Waals surface area contributed by atoms with Gasteiger partial charge >= 0.3 is 17.9 Å². The maximum atomic E-state index is 12.8. The zero-order chi connectivity index (χ0) is 46.5. The minimum Gasteiger partial charge on any atom is -0.462 e. The second-order valence-electron chi connectivity index (χ2n) is 19.9. The molecule has 0 N–H and O–H groups in total. The topological polar surface area (TPSA) is 78.9 Å². The molecule has 1 unspecified atom stereocenters. The summed E-state index contributed by atoms with van der Waals surface area (Å²) in [5, 5.41) is 0. The molecule has 0 spiro atoms. The third-order valence-corrected chi connectivity index (χ3v) is 13.4. The highest BCUT2D eigenvalue weighted by Crippen LogP contribution is 2.18. The van der Waals surface area contributed by atoms with Crippen LogP contribution in [-0.2, 0) is 28.6 Å². The van der Waals surface area contributed by atoms with E-state index in [1.807, 2.05) is 0 Å². The van der Waals surface area contributed by atoms with Crippen LogP contribution in [0.15, 0.2) is 0 Å². The molecular weight excluding hydrogens is 793 g/mol. The smallest absolute Gasteiger partial charge is 0.306 e. The van der Waals surface area contributed by atoms with E-state index in [0.29, 0.717) is 19.3 Å². The number of carbonyl (C=O) groups is 3. The lowest BCUT2D eigenvalue weighted by molar-refractivity contribution is -0.167. The van der Waals surface area contributed by atoms with Gasteiger partial charge in [-0.25, -0.2) is 0 Å². The summed E-state index contributed by atoms with van der Waals surface area (Å²) in [4.78, 5) is 37.8. The van der Waals surface area contributed by atoms with Gasteiger partial charge < -0.3 is 14.2 Å². The minimum absolute atomic E-state index is 0.0626. The van der Waals surface area contributed by atoms with Crippen molar-refractivity contribution in [2.45, 2.75) is 341 Å². The largest absolute Gasteiger partial charge is 0.462 e. The normalized spacial score (nSPS) is 11.9. The average Bonchev–Trinajstić information content (AvgIpc) is 3.29. The fraction of sp³-hybridized carbons (Fsp3) is 0.948. The van der Waals surface area contributed by atoms with Gasteiger partial charge in [-0.3, -0.25) is 14.4 Å². The number of ether oxygens (including phenoxy) is 3. The number of hydrogen-bond donors (Lipinski definition) is 0. The Bertz CT molecular complexity index is 951. The highest BCUT2D eigenvalue weighted by atomic mass is 16.6. The van der Waals surface area contributed by atoms with Crippen molar-refractivity contribution in [3.05, 3.63) is 0 Å². The summed E-state index contributed by atoms with van der Waals surface area (Å²) in [5.41, 5.74) is 0. The molecule has 0 aliphatic rings. The summed E-state index contributed by atoms with van der Waals surface area (Å²) < 4.78 is 16.7. The Kier molecular flexibility index (Phi) is 52.7. The van der Waals surface area contributed by atoms with E-state index in [0.717, 1.165) is 64.2 Å². The Balaban J connectivity index is 4.02. The summed E-state index contributed by atoms with van der Waals surface area (Å²) in [6.45, 7) is 6.63. The summed E-state index contributed by atoms with van der Waals surface area (Å²) >= 11 is 0. The van der Waals surface area contributed by atoms with Crippen molar-refractivity contribution in [3.63, 3.8) is 0 Å². The van der Waals surface area contributed by atoms with Crippen LogP contribution in [0.4, 0.5) is 0 Å². The second-order valence-corrected chi connectivity index (χ2v) is 19.9. The van der Waals surface area contributed by atoms with Crippen LogP contribution in [0, 0.1) is 0 Å². The molecule has 6 heteroatoms. The third kappa shape index (κ3) is 51.4. The number of carbonyl (C=O) groups excluding carboxylic acids is 3. The van der Waals surface area contributed by atoms with Crippen molar-refractivity contribution >= 4 is 17.9 Å². The zero-order valence-electron chi connectivity index (χ0n) is 43.6. The predicted molar refractivity (Wildman–Crippen MR) is 275 cm³/mol. The van der Waals surface area contributed by atoms with Gasteiger partial charge in [0.2, 0.25) is 0 Å². The molecule has 0 radical (unpaired) electrons. The summed E-state index contributed by atoms with van der Waals surface area (Å²) in [7, 11) is 0. The van der Waals surface area contributed by atoms with Crippen molar-refractivity contribution in [1.29, 1.82) is 0 Å². The van der Waals surface area contributed by atoms with E-state index in [2.05, 4.69) is 20.8 Å². The standard InChI is InChI=1S/C58H112O6/c1-4-7-10-13-15-17-19-21-23-25-27-29-31-32-34-36-38-40-42-45-48-51-57(60)63-54-55(53-62-56(59)50-47-44-12-9-6-3)64-58(61)52-49-46-43-41-39-37-35-33-30-28-26-24-22-20-18-16-14-11-8-5-2/h55H,4-54H2,1-3H3. The van der Waals surface area contributed by atoms with Gasteiger partial charge in [0.25, 0.3) is 0 Å². The Morgan fingerprint density at radius 1 is 0.250 bits per heavy atom. The van der Waals surface area contributed by atoms with Crippen molar-refractivity contribution < 1.29 is 28.6 Å². The van der Waals surface area contributed by atoms with Crippen LogP contribution in [0.1, 0.15) is 335 Å². The van der Waals surface area contributed by atoms with E-state index in [-0.39, 0.29) is 31.1 Å². The predicted octanol–water partition coefficient (Wildman–Crippen LogP) is 19.2. The molecule has 0 rings (SSSR count). The van der Waals surface area contributed by atoms with E-state index in [1.165, 1.54) is 231 Å². The third-order valence-electron chi connectivity index (χ3n) is 13.4. The first-order valence-corrected chi connectivity index (χ1v) is 29.0. The van der Waals surface area contributed by atoms with Gasteiger partial charge in [0, 0.05) is 19.3 Å². The quantitative estimate of drug-likeness (QED) is 0.0344. The minimum atomic E-state index is -0.759. The number of hydrogen-bond acceptors (Lipinski definition) is 6. The molecule has 0 aromatic carbocycles. The van der Waals surface area contributed by atoms with Crippen LogP contribution in [0.5, 0.6) is 0 Å². The van der Waals surface area contributed by atoms with Crippen molar-refractivity contribution in [2.24, 2.45) is 0 Å². The first-order valence-electron chi connectivity index (χ1n) is 29.0. The van der Waals surface area contributed by atoms with Gasteiger partial charge in [-0.15, -0.1) is 0 Å². The molecular formula is C58H112O6. The Labute approximate surface area is 399 Å². The van der Waals surface area contributed by atoms with E-state index in [4.69, 9.17) is 14.2 Å². The van der Waals surface area contributed by atoms with Crippen LogP contribution in [0.25, 0.3) is 0 Å². The van der Waals surface area contributed by atoms with Crippen LogP contribution < -0.4 is 0 Å². The molecule has 64 heavy (non-hydrogen) atoms. The van der Waals surface area contributed by atoms with Gasteiger partial charge in [-0.2, -0.15) is 0 Å². The Morgan fingerprint density at radius 3 is 0.625 bits per heavy atom. The van der Waals surface area contributed by atoms with Gasteiger partial charge in [-0.05, 0) is 19.3 Å². The van der Waals surface area contributed by atoms with Crippen molar-refractivity contribution in [2.75, 3.05) is 13.2 Å². The monoisotopic (exact) mass is 905 g/mol. The summed E-state index contributed by atoms with van der Waals surface area (Å²) in [6.07, 6.45) is 60.0. The van der Waals surface area contributed by atoms with Crippen LogP contribution in [0.3, 0.4) is 0 Å². The lowest BCUT2D eigenvalue weighted by atomic mass is 10.0. The Hall–Kier alpha value is -1.59. The zero-order valence-corrected chi connectivity index (χ0v) is 43.6.